The van der Waals surface area contributed by atoms with Crippen molar-refractivity contribution in [3.63, 3.8) is 0 Å². The second-order valence-corrected chi connectivity index (χ2v) is 9.51. The van der Waals surface area contributed by atoms with Crippen LogP contribution in [-0.2, 0) is 33.4 Å². The van der Waals surface area contributed by atoms with E-state index in [1.807, 2.05) is 6.07 Å². The molecule has 0 N–H and O–H groups in total. The van der Waals surface area contributed by atoms with Crippen LogP contribution in [0.25, 0.3) is 0 Å². The van der Waals surface area contributed by atoms with Gasteiger partial charge in [0.15, 0.2) is 0 Å². The van der Waals surface area contributed by atoms with Crippen LogP contribution in [0.4, 0.5) is 0 Å². The summed E-state index contributed by atoms with van der Waals surface area (Å²) in [4.78, 5) is 19.0. The van der Waals surface area contributed by atoms with Gasteiger partial charge in [-0.2, -0.15) is 0 Å². The zero-order valence-electron chi connectivity index (χ0n) is 19.4. The maximum atomic E-state index is 13.2. The monoisotopic (exact) mass is 483 g/mol. The summed E-state index contributed by atoms with van der Waals surface area (Å²) in [6.45, 7) is 4.78. The lowest BCUT2D eigenvalue weighted by atomic mass is 10.2. The van der Waals surface area contributed by atoms with Crippen molar-refractivity contribution in [3.05, 3.63) is 90.3 Å². The Morgan fingerprint density at radius 3 is 2.44 bits per heavy atom. The molecule has 0 aliphatic heterocycles. The van der Waals surface area contributed by atoms with E-state index in [9.17, 15) is 13.2 Å². The fourth-order valence-electron chi connectivity index (χ4n) is 3.53. The Morgan fingerprint density at radius 2 is 1.82 bits per heavy atom. The predicted octanol–water partition coefficient (Wildman–Crippen LogP) is 3.34. The van der Waals surface area contributed by atoms with E-state index < -0.39 is 9.84 Å². The Kier molecular flexibility index (Phi) is 8.61. The Labute approximate surface area is 200 Å². The van der Waals surface area contributed by atoms with Crippen molar-refractivity contribution in [3.8, 4) is 5.75 Å². The van der Waals surface area contributed by atoms with Crippen molar-refractivity contribution in [2.75, 3.05) is 27.4 Å². The van der Waals surface area contributed by atoms with Crippen LogP contribution in [0.5, 0.6) is 5.75 Å². The van der Waals surface area contributed by atoms with E-state index in [0.29, 0.717) is 29.2 Å². The molecule has 0 aliphatic rings. The lowest BCUT2D eigenvalue weighted by molar-refractivity contribution is 0.0758. The average molecular weight is 484 g/mol. The van der Waals surface area contributed by atoms with Gasteiger partial charge in [-0.15, -0.1) is 6.58 Å². The van der Waals surface area contributed by atoms with Gasteiger partial charge in [0.05, 0.1) is 37.9 Å². The molecule has 0 atom stereocenters. The number of hydrogen-bond donors (Lipinski definition) is 0. The summed E-state index contributed by atoms with van der Waals surface area (Å²) in [5.41, 5.74) is 1.75. The smallest absolute Gasteiger partial charge is 0.254 e. The molecule has 0 aliphatic carbocycles. The maximum absolute atomic E-state index is 13.2. The van der Waals surface area contributed by atoms with Crippen LogP contribution >= 0.6 is 0 Å². The lowest BCUT2D eigenvalue weighted by Gasteiger charge is -2.22. The summed E-state index contributed by atoms with van der Waals surface area (Å²) < 4.78 is 38.4. The SMILES string of the molecule is C=CCN(Cc1cnc(S(=O)(=O)Cc2ccccc2)n1CCOC)C(=O)c1ccc(OC)cc1. The zero-order chi connectivity index (χ0) is 24.6. The minimum atomic E-state index is -3.72. The lowest BCUT2D eigenvalue weighted by Crippen LogP contribution is -2.32. The molecular formula is C25H29N3O5S. The molecule has 3 aromatic rings. The van der Waals surface area contributed by atoms with Crippen molar-refractivity contribution < 1.29 is 22.7 Å². The average Bonchev–Trinajstić information content (AvgIpc) is 3.25. The highest BCUT2D eigenvalue weighted by atomic mass is 32.2. The molecule has 8 nitrogen and oxygen atoms in total. The van der Waals surface area contributed by atoms with Gasteiger partial charge in [0.1, 0.15) is 5.75 Å². The van der Waals surface area contributed by atoms with Crippen molar-refractivity contribution >= 4 is 15.7 Å². The van der Waals surface area contributed by atoms with Crippen molar-refractivity contribution in [1.29, 1.82) is 0 Å². The molecule has 0 spiro atoms. The molecule has 0 bridgehead atoms. The molecule has 2 aromatic carbocycles. The topological polar surface area (TPSA) is 90.7 Å². The molecule has 1 heterocycles. The van der Waals surface area contributed by atoms with Crippen LogP contribution in [0.3, 0.4) is 0 Å². The normalized spacial score (nSPS) is 11.2. The molecule has 180 valence electrons. The number of methoxy groups -OCH3 is 2. The zero-order valence-corrected chi connectivity index (χ0v) is 20.2. The summed E-state index contributed by atoms with van der Waals surface area (Å²) in [6, 6.07) is 15.8. The van der Waals surface area contributed by atoms with E-state index in [-0.39, 0.29) is 36.5 Å². The fourth-order valence-corrected chi connectivity index (χ4v) is 5.05. The van der Waals surface area contributed by atoms with Crippen molar-refractivity contribution in [2.24, 2.45) is 0 Å². The number of carbonyl (C=O) groups is 1. The van der Waals surface area contributed by atoms with Crippen LogP contribution in [0, 0.1) is 0 Å². The van der Waals surface area contributed by atoms with E-state index in [2.05, 4.69) is 11.6 Å². The summed E-state index contributed by atoms with van der Waals surface area (Å²) in [5, 5.41) is -0.0427. The van der Waals surface area contributed by atoms with Gasteiger partial charge in [0, 0.05) is 25.8 Å². The first-order valence-electron chi connectivity index (χ1n) is 10.7. The quantitative estimate of drug-likeness (QED) is 0.367. The number of nitrogens with zero attached hydrogens (tertiary/aromatic N) is 3. The van der Waals surface area contributed by atoms with E-state index in [4.69, 9.17) is 9.47 Å². The maximum Gasteiger partial charge on any atom is 0.254 e. The third-order valence-electron chi connectivity index (χ3n) is 5.22. The van der Waals surface area contributed by atoms with E-state index in [0.717, 1.165) is 0 Å². The van der Waals surface area contributed by atoms with Gasteiger partial charge in [-0.1, -0.05) is 36.4 Å². The van der Waals surface area contributed by atoms with Gasteiger partial charge < -0.3 is 18.9 Å². The number of rotatable bonds is 12. The molecular weight excluding hydrogens is 454 g/mol. The first kappa shape index (κ1) is 25.2. The van der Waals surface area contributed by atoms with Gasteiger partial charge in [0.25, 0.3) is 5.91 Å². The predicted molar refractivity (Wildman–Crippen MR) is 129 cm³/mol. The second-order valence-electron chi connectivity index (χ2n) is 7.62. The first-order chi connectivity index (χ1) is 16.4. The fraction of sp³-hybridized carbons (Fsp3) is 0.280. The van der Waals surface area contributed by atoms with Crippen LogP contribution in [0.2, 0.25) is 0 Å². The van der Waals surface area contributed by atoms with Crippen molar-refractivity contribution in [1.82, 2.24) is 14.5 Å². The van der Waals surface area contributed by atoms with Gasteiger partial charge in [-0.05, 0) is 29.8 Å². The number of hydrogen-bond acceptors (Lipinski definition) is 6. The molecule has 3 rings (SSSR count). The van der Waals surface area contributed by atoms with Gasteiger partial charge in [-0.25, -0.2) is 13.4 Å². The first-order valence-corrected chi connectivity index (χ1v) is 12.4. The number of imidazole rings is 1. The molecule has 0 fully saturated rings. The molecule has 1 aromatic heterocycles. The van der Waals surface area contributed by atoms with Gasteiger partial charge in [0.2, 0.25) is 15.0 Å². The Morgan fingerprint density at radius 1 is 1.12 bits per heavy atom. The Balaban J connectivity index is 1.91. The number of benzene rings is 2. The molecule has 0 saturated heterocycles. The number of ether oxygens (including phenoxy) is 2. The highest BCUT2D eigenvalue weighted by molar-refractivity contribution is 7.90. The Bertz CT molecular complexity index is 1210. The standard InChI is InChI=1S/C25H29N3O5S/c1-4-14-27(24(29)21-10-12-23(33-3)13-11-21)18-22-17-26-25(28(22)15-16-32-2)34(30,31)19-20-8-6-5-7-9-20/h4-13,17H,1,14-16,18-19H2,2-3H3. The third kappa shape index (κ3) is 6.12. The summed E-state index contributed by atoms with van der Waals surface area (Å²) >= 11 is 0. The minimum Gasteiger partial charge on any atom is -0.497 e. The van der Waals surface area contributed by atoms with Crippen molar-refractivity contribution in [2.45, 2.75) is 24.0 Å². The molecule has 0 unspecified atom stereocenters. The summed E-state index contributed by atoms with van der Waals surface area (Å²) in [5.74, 6) is 0.270. The molecule has 34 heavy (non-hydrogen) atoms. The van der Waals surface area contributed by atoms with Gasteiger partial charge >= 0.3 is 0 Å². The second kappa shape index (κ2) is 11.6. The third-order valence-corrected chi connectivity index (χ3v) is 6.82. The molecule has 1 amide bonds. The number of amides is 1. The van der Waals surface area contributed by atoms with E-state index in [1.54, 1.807) is 78.3 Å². The number of sulfone groups is 1. The highest BCUT2D eigenvalue weighted by Crippen LogP contribution is 2.20. The van der Waals surface area contributed by atoms with Crippen LogP contribution in [0.1, 0.15) is 21.6 Å². The van der Waals surface area contributed by atoms with Crippen LogP contribution in [-0.4, -0.2) is 56.1 Å². The van der Waals surface area contributed by atoms with E-state index >= 15 is 0 Å². The van der Waals surface area contributed by atoms with E-state index in [1.165, 1.54) is 6.20 Å². The largest absolute Gasteiger partial charge is 0.497 e. The Hall–Kier alpha value is -3.43. The van der Waals surface area contributed by atoms with Gasteiger partial charge in [-0.3, -0.25) is 4.79 Å². The van der Waals surface area contributed by atoms with Crippen LogP contribution < -0.4 is 4.74 Å². The molecule has 0 saturated carbocycles. The highest BCUT2D eigenvalue weighted by Gasteiger charge is 2.25. The van der Waals surface area contributed by atoms with Crippen LogP contribution in [0.15, 0.2) is 78.6 Å². The summed E-state index contributed by atoms with van der Waals surface area (Å²) in [7, 11) is -0.614. The molecule has 9 heteroatoms. The summed E-state index contributed by atoms with van der Waals surface area (Å²) in [6.07, 6.45) is 3.13. The number of carbonyl (C=O) groups excluding carboxylic acids is 1. The minimum absolute atomic E-state index is 0.0427. The number of aromatic nitrogens is 2. The molecule has 0 radical (unpaired) electrons.